The zero-order chi connectivity index (χ0) is 18.1. The summed E-state index contributed by atoms with van der Waals surface area (Å²) in [5.74, 6) is 0.951. The number of nitro groups is 1. The first kappa shape index (κ1) is 18.7. The quantitative estimate of drug-likeness (QED) is 0.245. The number of carbonyl (C=O) groups excluding carboxylic acids is 1. The van der Waals surface area contributed by atoms with Gasteiger partial charge in [0.15, 0.2) is 5.96 Å². The van der Waals surface area contributed by atoms with Gasteiger partial charge in [-0.15, -0.1) is 0 Å². The maximum absolute atomic E-state index is 11.6. The lowest BCUT2D eigenvalue weighted by Crippen LogP contribution is -2.39. The number of rotatable bonds is 8. The van der Waals surface area contributed by atoms with E-state index in [0.717, 1.165) is 44.6 Å². The smallest absolute Gasteiger partial charge is 0.269 e. The van der Waals surface area contributed by atoms with Crippen molar-refractivity contribution in [3.8, 4) is 0 Å². The molecule has 8 heteroatoms. The van der Waals surface area contributed by atoms with Gasteiger partial charge in [-0.05, 0) is 25.3 Å². The fraction of sp³-hybridized carbons (Fsp3) is 0.529. The molecule has 1 saturated heterocycles. The molecule has 1 aliphatic rings. The summed E-state index contributed by atoms with van der Waals surface area (Å²) in [5, 5.41) is 17.1. The largest absolute Gasteiger partial charge is 0.357 e. The zero-order valence-electron chi connectivity index (χ0n) is 14.5. The molecule has 1 aromatic rings. The molecule has 2 N–H and O–H groups in total. The number of nitrogens with zero attached hydrogens (tertiary/aromatic N) is 3. The van der Waals surface area contributed by atoms with Crippen LogP contribution in [-0.4, -0.2) is 47.9 Å². The molecule has 0 saturated carbocycles. The Morgan fingerprint density at radius 2 is 2.08 bits per heavy atom. The molecule has 0 radical (unpaired) electrons. The van der Waals surface area contributed by atoms with Crippen molar-refractivity contribution in [3.05, 3.63) is 39.9 Å². The van der Waals surface area contributed by atoms with Crippen LogP contribution in [0.15, 0.2) is 29.3 Å². The minimum absolute atomic E-state index is 0.0780. The third-order valence-electron chi connectivity index (χ3n) is 3.98. The Bertz CT molecular complexity index is 615. The lowest BCUT2D eigenvalue weighted by atomic mass is 10.2. The van der Waals surface area contributed by atoms with Crippen molar-refractivity contribution in [2.45, 2.75) is 32.7 Å². The predicted octanol–water partition coefficient (Wildman–Crippen LogP) is 1.66. The Hall–Kier alpha value is -2.64. The number of aliphatic imine (C=N–C) groups is 1. The van der Waals surface area contributed by atoms with E-state index in [-0.39, 0.29) is 11.6 Å². The second kappa shape index (κ2) is 9.61. The van der Waals surface area contributed by atoms with Crippen LogP contribution < -0.4 is 10.6 Å². The van der Waals surface area contributed by atoms with E-state index in [1.54, 1.807) is 12.1 Å². The van der Waals surface area contributed by atoms with Crippen molar-refractivity contribution in [2.24, 2.45) is 4.99 Å². The van der Waals surface area contributed by atoms with Crippen LogP contribution in [0.3, 0.4) is 0 Å². The molecule has 136 valence electrons. The van der Waals surface area contributed by atoms with Crippen molar-refractivity contribution in [3.63, 3.8) is 0 Å². The van der Waals surface area contributed by atoms with E-state index in [1.165, 1.54) is 12.1 Å². The van der Waals surface area contributed by atoms with Crippen LogP contribution in [0.25, 0.3) is 0 Å². The highest BCUT2D eigenvalue weighted by atomic mass is 16.6. The Balaban J connectivity index is 1.79. The molecule has 0 unspecified atom stereocenters. The fourth-order valence-electron chi connectivity index (χ4n) is 2.65. The van der Waals surface area contributed by atoms with E-state index in [0.29, 0.717) is 18.9 Å². The molecule has 0 aliphatic carbocycles. The molecule has 0 aromatic heterocycles. The van der Waals surface area contributed by atoms with Crippen LogP contribution >= 0.6 is 0 Å². The Morgan fingerprint density at radius 1 is 1.32 bits per heavy atom. The Morgan fingerprint density at radius 3 is 2.68 bits per heavy atom. The SMILES string of the molecule is CCNC(=NCc1ccc([N+](=O)[O-])cc1)NCCCN1CCCC1=O. The second-order valence-electron chi connectivity index (χ2n) is 5.88. The van der Waals surface area contributed by atoms with Gasteiger partial charge in [-0.25, -0.2) is 4.99 Å². The molecule has 1 heterocycles. The summed E-state index contributed by atoms with van der Waals surface area (Å²) in [6.07, 6.45) is 2.51. The summed E-state index contributed by atoms with van der Waals surface area (Å²) in [6, 6.07) is 6.39. The maximum Gasteiger partial charge on any atom is 0.269 e. The van der Waals surface area contributed by atoms with Gasteiger partial charge >= 0.3 is 0 Å². The van der Waals surface area contributed by atoms with Gasteiger partial charge in [0.05, 0.1) is 11.5 Å². The van der Waals surface area contributed by atoms with E-state index in [1.807, 2.05) is 11.8 Å². The molecular formula is C17H25N5O3. The van der Waals surface area contributed by atoms with Gasteiger partial charge in [-0.2, -0.15) is 0 Å². The number of guanidine groups is 1. The lowest BCUT2D eigenvalue weighted by molar-refractivity contribution is -0.384. The first-order valence-corrected chi connectivity index (χ1v) is 8.63. The number of nitrogens with one attached hydrogen (secondary N) is 2. The average Bonchev–Trinajstić information content (AvgIpc) is 3.01. The molecule has 1 aliphatic heterocycles. The lowest BCUT2D eigenvalue weighted by Gasteiger charge is -2.16. The fourth-order valence-corrected chi connectivity index (χ4v) is 2.65. The van der Waals surface area contributed by atoms with Gasteiger partial charge in [0, 0.05) is 44.7 Å². The number of benzene rings is 1. The summed E-state index contributed by atoms with van der Waals surface area (Å²) in [6.45, 7) is 5.55. The maximum atomic E-state index is 11.6. The van der Waals surface area contributed by atoms with Gasteiger partial charge < -0.3 is 15.5 Å². The third kappa shape index (κ3) is 6.06. The van der Waals surface area contributed by atoms with Crippen molar-refractivity contribution < 1.29 is 9.72 Å². The van der Waals surface area contributed by atoms with Gasteiger partial charge in [0.1, 0.15) is 0 Å². The highest BCUT2D eigenvalue weighted by molar-refractivity contribution is 5.79. The number of amides is 1. The van der Waals surface area contributed by atoms with E-state index in [4.69, 9.17) is 0 Å². The molecule has 0 bridgehead atoms. The molecule has 0 atom stereocenters. The molecule has 25 heavy (non-hydrogen) atoms. The van der Waals surface area contributed by atoms with Gasteiger partial charge in [0.25, 0.3) is 5.69 Å². The number of carbonyl (C=O) groups is 1. The summed E-state index contributed by atoms with van der Waals surface area (Å²) in [4.78, 5) is 28.2. The van der Waals surface area contributed by atoms with Crippen LogP contribution in [0.1, 0.15) is 31.7 Å². The van der Waals surface area contributed by atoms with Gasteiger partial charge in [-0.3, -0.25) is 14.9 Å². The second-order valence-corrected chi connectivity index (χ2v) is 5.88. The highest BCUT2D eigenvalue weighted by Gasteiger charge is 2.18. The minimum Gasteiger partial charge on any atom is -0.357 e. The molecule has 1 aromatic carbocycles. The average molecular weight is 347 g/mol. The zero-order valence-corrected chi connectivity index (χ0v) is 14.5. The molecule has 0 spiro atoms. The first-order valence-electron chi connectivity index (χ1n) is 8.63. The minimum atomic E-state index is -0.413. The Labute approximate surface area is 147 Å². The van der Waals surface area contributed by atoms with E-state index in [9.17, 15) is 14.9 Å². The molecule has 2 rings (SSSR count). The summed E-state index contributed by atoms with van der Waals surface area (Å²) in [7, 11) is 0. The van der Waals surface area contributed by atoms with Crippen molar-refractivity contribution in [1.82, 2.24) is 15.5 Å². The summed E-state index contributed by atoms with van der Waals surface area (Å²) < 4.78 is 0. The van der Waals surface area contributed by atoms with E-state index < -0.39 is 4.92 Å². The molecule has 1 amide bonds. The molecular weight excluding hydrogens is 322 g/mol. The van der Waals surface area contributed by atoms with Crippen LogP contribution in [0.5, 0.6) is 0 Å². The van der Waals surface area contributed by atoms with E-state index in [2.05, 4.69) is 15.6 Å². The normalized spacial score (nSPS) is 14.7. The van der Waals surface area contributed by atoms with Gasteiger partial charge in [0.2, 0.25) is 5.91 Å². The number of hydrogen-bond acceptors (Lipinski definition) is 4. The van der Waals surface area contributed by atoms with E-state index >= 15 is 0 Å². The van der Waals surface area contributed by atoms with Crippen molar-refractivity contribution in [1.29, 1.82) is 0 Å². The number of non-ortho nitro benzene ring substituents is 1. The van der Waals surface area contributed by atoms with Crippen molar-refractivity contribution in [2.75, 3.05) is 26.2 Å². The topological polar surface area (TPSA) is 99.9 Å². The van der Waals surface area contributed by atoms with Crippen LogP contribution in [0, 0.1) is 10.1 Å². The predicted molar refractivity (Wildman–Crippen MR) is 96.3 cm³/mol. The van der Waals surface area contributed by atoms with Crippen LogP contribution in [-0.2, 0) is 11.3 Å². The Kier molecular flexibility index (Phi) is 7.18. The summed E-state index contributed by atoms with van der Waals surface area (Å²) >= 11 is 0. The highest BCUT2D eigenvalue weighted by Crippen LogP contribution is 2.12. The number of hydrogen-bond donors (Lipinski definition) is 2. The number of likely N-dealkylation sites (tertiary alicyclic amines) is 1. The van der Waals surface area contributed by atoms with Crippen LogP contribution in [0.4, 0.5) is 5.69 Å². The first-order chi connectivity index (χ1) is 12.1. The van der Waals surface area contributed by atoms with Crippen LogP contribution in [0.2, 0.25) is 0 Å². The summed E-state index contributed by atoms with van der Waals surface area (Å²) in [5.41, 5.74) is 0.986. The standard InChI is InChI=1S/C17H25N5O3/c1-2-18-17(19-10-4-12-21-11-3-5-16(21)23)20-13-14-6-8-15(9-7-14)22(24)25/h6-9H,2-5,10-13H2,1H3,(H2,18,19,20). The van der Waals surface area contributed by atoms with Gasteiger partial charge in [-0.1, -0.05) is 12.1 Å². The molecule has 1 fully saturated rings. The van der Waals surface area contributed by atoms with Crippen molar-refractivity contribution >= 4 is 17.6 Å². The monoisotopic (exact) mass is 347 g/mol. The third-order valence-corrected chi connectivity index (χ3v) is 3.98. The molecule has 8 nitrogen and oxygen atoms in total. The number of nitro benzene ring substituents is 1.